The number of carboxylic acid groups (broad SMARTS) is 1. The molecule has 19 heavy (non-hydrogen) atoms. The number of rotatable bonds is 9. The number of unbranched alkanes of at least 4 members (excludes halogenated alkanes) is 5. The smallest absolute Gasteiger partial charge is 0.310 e. The van der Waals surface area contributed by atoms with Crippen LogP contribution in [0.1, 0.15) is 68.9 Å². The van der Waals surface area contributed by atoms with Crippen LogP contribution in [-0.4, -0.2) is 11.1 Å². The first-order chi connectivity index (χ1) is 9.15. The molecule has 0 radical (unpaired) electrons. The van der Waals surface area contributed by atoms with Gasteiger partial charge in [0.2, 0.25) is 0 Å². The summed E-state index contributed by atoms with van der Waals surface area (Å²) in [5.74, 6) is -1.04. The van der Waals surface area contributed by atoms with Crippen LogP contribution >= 0.6 is 0 Å². The van der Waals surface area contributed by atoms with Crippen molar-refractivity contribution in [2.24, 2.45) is 0 Å². The Morgan fingerprint density at radius 2 is 1.84 bits per heavy atom. The van der Waals surface area contributed by atoms with Crippen molar-refractivity contribution < 1.29 is 9.90 Å². The molecule has 1 rings (SSSR count). The van der Waals surface area contributed by atoms with Gasteiger partial charge in [0.1, 0.15) is 0 Å². The molecule has 1 N–H and O–H groups in total. The number of aliphatic carboxylic acids is 1. The van der Waals surface area contributed by atoms with Crippen molar-refractivity contribution in [1.29, 1.82) is 0 Å². The van der Waals surface area contributed by atoms with Crippen LogP contribution in [-0.2, 0) is 4.79 Å². The van der Waals surface area contributed by atoms with Crippen molar-refractivity contribution in [3.63, 3.8) is 0 Å². The molecule has 0 saturated heterocycles. The van der Waals surface area contributed by atoms with Gasteiger partial charge in [0.05, 0.1) is 5.92 Å². The van der Waals surface area contributed by atoms with E-state index in [1.54, 1.807) is 0 Å². The van der Waals surface area contributed by atoms with E-state index in [0.29, 0.717) is 0 Å². The van der Waals surface area contributed by atoms with Crippen LogP contribution in [0.3, 0.4) is 0 Å². The number of carbonyl (C=O) groups is 1. The molecule has 0 aliphatic rings. The van der Waals surface area contributed by atoms with Crippen molar-refractivity contribution in [3.05, 3.63) is 35.4 Å². The standard InChI is InChI=1S/C17H26O2/c1-3-4-5-6-7-8-12-16(17(18)19)15-11-9-10-14(2)13-15/h9-11,13,16H,3-8,12H2,1-2H3,(H,18,19). The van der Waals surface area contributed by atoms with Crippen LogP contribution < -0.4 is 0 Å². The number of carboxylic acids is 1. The molecule has 106 valence electrons. The van der Waals surface area contributed by atoms with Gasteiger partial charge in [-0.3, -0.25) is 4.79 Å². The second-order valence-corrected chi connectivity index (χ2v) is 5.36. The Morgan fingerprint density at radius 1 is 1.16 bits per heavy atom. The van der Waals surface area contributed by atoms with Crippen molar-refractivity contribution >= 4 is 5.97 Å². The van der Waals surface area contributed by atoms with Crippen molar-refractivity contribution in [2.75, 3.05) is 0 Å². The molecule has 2 nitrogen and oxygen atoms in total. The van der Waals surface area contributed by atoms with Crippen molar-refractivity contribution in [3.8, 4) is 0 Å². The first-order valence-corrected chi connectivity index (χ1v) is 7.44. The Kier molecular flexibility index (Phi) is 7.24. The first-order valence-electron chi connectivity index (χ1n) is 7.44. The Bertz CT molecular complexity index is 385. The Labute approximate surface area is 116 Å². The van der Waals surface area contributed by atoms with Gasteiger partial charge >= 0.3 is 5.97 Å². The lowest BCUT2D eigenvalue weighted by molar-refractivity contribution is -0.139. The van der Waals surface area contributed by atoms with Gasteiger partial charge < -0.3 is 5.11 Å². The van der Waals surface area contributed by atoms with Crippen LogP contribution in [0.4, 0.5) is 0 Å². The van der Waals surface area contributed by atoms with Gasteiger partial charge in [0, 0.05) is 0 Å². The minimum absolute atomic E-state index is 0.342. The Hall–Kier alpha value is -1.31. The number of hydrogen-bond acceptors (Lipinski definition) is 1. The zero-order chi connectivity index (χ0) is 14.1. The molecule has 1 unspecified atom stereocenters. The summed E-state index contributed by atoms with van der Waals surface area (Å²) in [6.07, 6.45) is 7.96. The average molecular weight is 262 g/mol. The van der Waals surface area contributed by atoms with Crippen LogP contribution in [0, 0.1) is 6.92 Å². The fourth-order valence-corrected chi connectivity index (χ4v) is 2.45. The van der Waals surface area contributed by atoms with Gasteiger partial charge in [-0.05, 0) is 18.9 Å². The summed E-state index contributed by atoms with van der Waals surface area (Å²) in [5.41, 5.74) is 2.08. The highest BCUT2D eigenvalue weighted by molar-refractivity contribution is 5.76. The number of aryl methyl sites for hydroxylation is 1. The van der Waals surface area contributed by atoms with Gasteiger partial charge in [-0.2, -0.15) is 0 Å². The number of benzene rings is 1. The topological polar surface area (TPSA) is 37.3 Å². The summed E-state index contributed by atoms with van der Waals surface area (Å²) in [7, 11) is 0. The third kappa shape index (κ3) is 5.91. The molecule has 0 spiro atoms. The summed E-state index contributed by atoms with van der Waals surface area (Å²) in [5, 5.41) is 9.36. The molecule has 0 fully saturated rings. The monoisotopic (exact) mass is 262 g/mol. The van der Waals surface area contributed by atoms with E-state index >= 15 is 0 Å². The maximum absolute atomic E-state index is 11.4. The minimum atomic E-state index is -0.695. The molecule has 0 amide bonds. The van der Waals surface area contributed by atoms with Crippen LogP contribution in [0.15, 0.2) is 24.3 Å². The Morgan fingerprint density at radius 3 is 2.47 bits per heavy atom. The molecule has 1 atom stereocenters. The molecule has 0 aliphatic heterocycles. The predicted octanol–water partition coefficient (Wildman–Crippen LogP) is 4.91. The van der Waals surface area contributed by atoms with E-state index in [0.717, 1.165) is 30.4 Å². The summed E-state index contributed by atoms with van der Waals surface area (Å²) in [6, 6.07) is 7.88. The third-order valence-corrected chi connectivity index (χ3v) is 3.59. The van der Waals surface area contributed by atoms with E-state index in [4.69, 9.17) is 0 Å². The highest BCUT2D eigenvalue weighted by atomic mass is 16.4. The molecule has 1 aromatic carbocycles. The van der Waals surface area contributed by atoms with Crippen LogP contribution in [0.5, 0.6) is 0 Å². The SMILES string of the molecule is CCCCCCCCC(C(=O)O)c1cccc(C)c1. The van der Waals surface area contributed by atoms with E-state index in [1.807, 2.05) is 31.2 Å². The van der Waals surface area contributed by atoms with Crippen molar-refractivity contribution in [2.45, 2.75) is 64.7 Å². The van der Waals surface area contributed by atoms with E-state index in [1.165, 1.54) is 25.7 Å². The maximum Gasteiger partial charge on any atom is 0.310 e. The summed E-state index contributed by atoms with van der Waals surface area (Å²) in [4.78, 5) is 11.4. The van der Waals surface area contributed by atoms with E-state index in [9.17, 15) is 9.90 Å². The Balaban J connectivity index is 2.44. The lowest BCUT2D eigenvalue weighted by Crippen LogP contribution is -2.11. The molecule has 0 bridgehead atoms. The molecule has 0 heterocycles. The molecular weight excluding hydrogens is 236 g/mol. The summed E-state index contributed by atoms with van der Waals surface area (Å²) >= 11 is 0. The lowest BCUT2D eigenvalue weighted by Gasteiger charge is -2.13. The van der Waals surface area contributed by atoms with Gasteiger partial charge in [0.25, 0.3) is 0 Å². The van der Waals surface area contributed by atoms with Gasteiger partial charge in [0.15, 0.2) is 0 Å². The van der Waals surface area contributed by atoms with Gasteiger partial charge in [-0.15, -0.1) is 0 Å². The van der Waals surface area contributed by atoms with E-state index in [-0.39, 0.29) is 5.92 Å². The lowest BCUT2D eigenvalue weighted by atomic mass is 9.92. The molecule has 0 aliphatic carbocycles. The zero-order valence-electron chi connectivity index (χ0n) is 12.2. The highest BCUT2D eigenvalue weighted by Gasteiger charge is 2.19. The van der Waals surface area contributed by atoms with E-state index < -0.39 is 5.97 Å². The average Bonchev–Trinajstić information content (AvgIpc) is 2.37. The van der Waals surface area contributed by atoms with Gasteiger partial charge in [-0.1, -0.05) is 75.3 Å². The first kappa shape index (κ1) is 15.7. The minimum Gasteiger partial charge on any atom is -0.481 e. The summed E-state index contributed by atoms with van der Waals surface area (Å²) < 4.78 is 0. The molecule has 2 heteroatoms. The maximum atomic E-state index is 11.4. The van der Waals surface area contributed by atoms with Crippen LogP contribution in [0.2, 0.25) is 0 Å². The van der Waals surface area contributed by atoms with Crippen molar-refractivity contribution in [1.82, 2.24) is 0 Å². The quantitative estimate of drug-likeness (QED) is 0.642. The molecule has 0 aromatic heterocycles. The largest absolute Gasteiger partial charge is 0.481 e. The molecule has 0 saturated carbocycles. The molecule has 1 aromatic rings. The predicted molar refractivity (Wildman–Crippen MR) is 79.5 cm³/mol. The number of hydrogen-bond donors (Lipinski definition) is 1. The fraction of sp³-hybridized carbons (Fsp3) is 0.588. The fourth-order valence-electron chi connectivity index (χ4n) is 2.45. The third-order valence-electron chi connectivity index (χ3n) is 3.59. The summed E-state index contributed by atoms with van der Waals surface area (Å²) in [6.45, 7) is 4.21. The van der Waals surface area contributed by atoms with Gasteiger partial charge in [-0.25, -0.2) is 0 Å². The zero-order valence-corrected chi connectivity index (χ0v) is 12.2. The van der Waals surface area contributed by atoms with E-state index in [2.05, 4.69) is 6.92 Å². The second kappa shape index (κ2) is 8.73. The normalized spacial score (nSPS) is 12.3. The molecular formula is C17H26O2. The second-order valence-electron chi connectivity index (χ2n) is 5.36. The van der Waals surface area contributed by atoms with Crippen LogP contribution in [0.25, 0.3) is 0 Å². The highest BCUT2D eigenvalue weighted by Crippen LogP contribution is 2.24.